The van der Waals surface area contributed by atoms with E-state index < -0.39 is 5.54 Å². The summed E-state index contributed by atoms with van der Waals surface area (Å²) in [7, 11) is 0. The number of benzene rings is 4. The minimum absolute atomic E-state index is 0.449. The zero-order valence-corrected chi connectivity index (χ0v) is 20.0. The third kappa shape index (κ3) is 4.75. The Morgan fingerprint density at radius 1 is 0.706 bits per heavy atom. The van der Waals surface area contributed by atoms with Crippen molar-refractivity contribution in [2.45, 2.75) is 43.9 Å². The lowest BCUT2D eigenvalue weighted by atomic mass is 9.76. The smallest absolute Gasteiger partial charge is 0.125 e. The van der Waals surface area contributed by atoms with Gasteiger partial charge in [0.1, 0.15) is 12.4 Å². The molecule has 2 nitrogen and oxygen atoms in total. The van der Waals surface area contributed by atoms with Gasteiger partial charge in [-0.3, -0.25) is 5.32 Å². The van der Waals surface area contributed by atoms with Crippen LogP contribution >= 0.6 is 11.6 Å². The molecule has 0 saturated heterocycles. The molecular formula is C31H30ClNO. The molecule has 5 rings (SSSR count). The Morgan fingerprint density at radius 3 is 1.88 bits per heavy atom. The molecule has 172 valence electrons. The molecule has 0 atom stereocenters. The first kappa shape index (κ1) is 22.7. The zero-order valence-electron chi connectivity index (χ0n) is 19.3. The van der Waals surface area contributed by atoms with Crippen LogP contribution in [0, 0.1) is 0 Å². The van der Waals surface area contributed by atoms with Crippen LogP contribution in [0.2, 0.25) is 5.02 Å². The first-order valence-corrected chi connectivity index (χ1v) is 12.5. The van der Waals surface area contributed by atoms with Gasteiger partial charge in [0.2, 0.25) is 0 Å². The minimum atomic E-state index is -0.520. The second-order valence-electron chi connectivity index (χ2n) is 9.02. The molecule has 1 aliphatic carbocycles. The molecule has 0 aromatic heterocycles. The van der Waals surface area contributed by atoms with E-state index in [0.29, 0.717) is 12.6 Å². The summed E-state index contributed by atoms with van der Waals surface area (Å²) < 4.78 is 6.49. The molecule has 0 unspecified atom stereocenters. The van der Waals surface area contributed by atoms with Crippen LogP contribution in [-0.4, -0.2) is 6.04 Å². The van der Waals surface area contributed by atoms with Crippen LogP contribution in [0.1, 0.15) is 47.9 Å². The van der Waals surface area contributed by atoms with E-state index in [0.717, 1.165) is 21.9 Å². The average molecular weight is 468 g/mol. The molecule has 4 aromatic rings. The van der Waals surface area contributed by atoms with Crippen molar-refractivity contribution in [3.05, 3.63) is 136 Å². The maximum absolute atomic E-state index is 6.49. The monoisotopic (exact) mass is 467 g/mol. The van der Waals surface area contributed by atoms with Gasteiger partial charge in [0.25, 0.3) is 0 Å². The van der Waals surface area contributed by atoms with Crippen LogP contribution in [0.25, 0.3) is 0 Å². The molecule has 34 heavy (non-hydrogen) atoms. The maximum atomic E-state index is 6.49. The SMILES string of the molecule is Clc1ccc(COc2ccccc2C(NC2CCCC2)(c2ccccc2)c2ccccc2)cc1. The Hall–Kier alpha value is -3.07. The third-order valence-electron chi connectivity index (χ3n) is 6.79. The van der Waals surface area contributed by atoms with E-state index in [2.05, 4.69) is 90.2 Å². The van der Waals surface area contributed by atoms with Gasteiger partial charge in [-0.15, -0.1) is 0 Å². The van der Waals surface area contributed by atoms with Crippen molar-refractivity contribution in [3.63, 3.8) is 0 Å². The Morgan fingerprint density at radius 2 is 1.26 bits per heavy atom. The third-order valence-corrected chi connectivity index (χ3v) is 7.04. The lowest BCUT2D eigenvalue weighted by Crippen LogP contribution is -2.49. The quantitative estimate of drug-likeness (QED) is 0.267. The van der Waals surface area contributed by atoms with Gasteiger partial charge >= 0.3 is 0 Å². The number of rotatable bonds is 8. The molecule has 1 aliphatic rings. The highest BCUT2D eigenvalue weighted by molar-refractivity contribution is 6.30. The second-order valence-corrected chi connectivity index (χ2v) is 9.46. The minimum Gasteiger partial charge on any atom is -0.489 e. The average Bonchev–Trinajstić information content (AvgIpc) is 3.41. The molecule has 0 amide bonds. The fourth-order valence-corrected chi connectivity index (χ4v) is 5.24. The van der Waals surface area contributed by atoms with Crippen molar-refractivity contribution < 1.29 is 4.74 Å². The van der Waals surface area contributed by atoms with Gasteiger partial charge < -0.3 is 4.74 Å². The van der Waals surface area contributed by atoms with E-state index in [1.54, 1.807) is 0 Å². The summed E-state index contributed by atoms with van der Waals surface area (Å²) in [6, 6.07) is 38.3. The van der Waals surface area contributed by atoms with Crippen molar-refractivity contribution in [1.29, 1.82) is 0 Å². The summed E-state index contributed by atoms with van der Waals surface area (Å²) in [5.41, 5.74) is 4.14. The van der Waals surface area contributed by atoms with E-state index in [4.69, 9.17) is 16.3 Å². The number of nitrogens with one attached hydrogen (secondary N) is 1. The molecule has 0 aliphatic heterocycles. The summed E-state index contributed by atoms with van der Waals surface area (Å²) in [6.07, 6.45) is 4.92. The van der Waals surface area contributed by atoms with Crippen LogP contribution in [0.5, 0.6) is 5.75 Å². The van der Waals surface area contributed by atoms with Crippen LogP contribution in [0.4, 0.5) is 0 Å². The van der Waals surface area contributed by atoms with Gasteiger partial charge in [0, 0.05) is 16.6 Å². The van der Waals surface area contributed by atoms with E-state index in [1.165, 1.54) is 36.8 Å². The van der Waals surface area contributed by atoms with Crippen molar-refractivity contribution in [3.8, 4) is 5.75 Å². The van der Waals surface area contributed by atoms with E-state index >= 15 is 0 Å². The number of halogens is 1. The van der Waals surface area contributed by atoms with Crippen LogP contribution in [-0.2, 0) is 12.1 Å². The predicted octanol–water partition coefficient (Wildman–Crippen LogP) is 7.74. The molecule has 0 spiro atoms. The van der Waals surface area contributed by atoms with E-state index in [9.17, 15) is 0 Å². The molecule has 0 heterocycles. The van der Waals surface area contributed by atoms with Gasteiger partial charge in [0.15, 0.2) is 0 Å². The molecule has 3 heteroatoms. The maximum Gasteiger partial charge on any atom is 0.125 e. The molecular weight excluding hydrogens is 438 g/mol. The van der Waals surface area contributed by atoms with Crippen molar-refractivity contribution >= 4 is 11.6 Å². The normalized spacial score (nSPS) is 14.3. The molecule has 0 radical (unpaired) electrons. The first-order chi connectivity index (χ1) is 16.8. The van der Waals surface area contributed by atoms with Gasteiger partial charge in [-0.2, -0.15) is 0 Å². The number of para-hydroxylation sites is 1. The Bertz CT molecular complexity index is 1150. The lowest BCUT2D eigenvalue weighted by molar-refractivity contribution is 0.291. The number of hydrogen-bond acceptors (Lipinski definition) is 2. The standard InChI is InChI=1S/C31H30ClNO/c32-27-21-19-24(20-22-27)23-34-30-18-10-9-17-29(30)31(25-11-3-1-4-12-25,26-13-5-2-6-14-26)33-28-15-7-8-16-28/h1-6,9-14,17-22,28,33H,7-8,15-16,23H2. The Balaban J connectivity index is 1.64. The summed E-state index contributed by atoms with van der Waals surface area (Å²) in [4.78, 5) is 0. The zero-order chi connectivity index (χ0) is 23.2. The van der Waals surface area contributed by atoms with Crippen molar-refractivity contribution in [2.24, 2.45) is 0 Å². The lowest BCUT2D eigenvalue weighted by Gasteiger charge is -2.40. The molecule has 1 fully saturated rings. The first-order valence-electron chi connectivity index (χ1n) is 12.1. The van der Waals surface area contributed by atoms with Crippen LogP contribution in [0.15, 0.2) is 109 Å². The highest BCUT2D eigenvalue weighted by Crippen LogP contribution is 2.43. The molecule has 1 N–H and O–H groups in total. The highest BCUT2D eigenvalue weighted by Gasteiger charge is 2.40. The molecule has 0 bridgehead atoms. The van der Waals surface area contributed by atoms with Crippen molar-refractivity contribution in [1.82, 2.24) is 5.32 Å². The topological polar surface area (TPSA) is 21.3 Å². The predicted molar refractivity (Wildman–Crippen MR) is 140 cm³/mol. The van der Waals surface area contributed by atoms with Gasteiger partial charge in [0.05, 0.1) is 5.54 Å². The second kappa shape index (κ2) is 10.5. The summed E-state index contributed by atoms with van der Waals surface area (Å²) in [5, 5.41) is 4.86. The Labute approximate surface area is 207 Å². The van der Waals surface area contributed by atoms with E-state index in [1.807, 2.05) is 24.3 Å². The summed E-state index contributed by atoms with van der Waals surface area (Å²) in [5.74, 6) is 0.885. The fraction of sp³-hybridized carbons (Fsp3) is 0.226. The fourth-order valence-electron chi connectivity index (χ4n) is 5.12. The van der Waals surface area contributed by atoms with Crippen LogP contribution < -0.4 is 10.1 Å². The van der Waals surface area contributed by atoms with Gasteiger partial charge in [-0.25, -0.2) is 0 Å². The van der Waals surface area contributed by atoms with Gasteiger partial charge in [-0.05, 0) is 47.7 Å². The molecule has 1 saturated carbocycles. The van der Waals surface area contributed by atoms with Gasteiger partial charge in [-0.1, -0.05) is 115 Å². The summed E-state index contributed by atoms with van der Waals surface area (Å²) in [6.45, 7) is 0.483. The van der Waals surface area contributed by atoms with Crippen molar-refractivity contribution in [2.75, 3.05) is 0 Å². The highest BCUT2D eigenvalue weighted by atomic mass is 35.5. The van der Waals surface area contributed by atoms with Crippen LogP contribution in [0.3, 0.4) is 0 Å². The van der Waals surface area contributed by atoms with E-state index in [-0.39, 0.29) is 0 Å². The largest absolute Gasteiger partial charge is 0.489 e. The number of hydrogen-bond donors (Lipinski definition) is 1. The number of ether oxygens (including phenoxy) is 1. The molecule has 4 aromatic carbocycles. The summed E-state index contributed by atoms with van der Waals surface area (Å²) >= 11 is 6.08. The Kier molecular flexibility index (Phi) is 6.99.